The molecule has 10 nitrogen and oxygen atoms in total. The molecule has 1 aromatic heterocycles. The number of aliphatic hydroxyl groups excluding tert-OH is 2. The molecule has 5 atom stereocenters. The fraction of sp³-hybridized carbons (Fsp3) is 0.636. The monoisotopic (exact) mass is 436 g/mol. The Kier molecular flexibility index (Phi) is 7.19. The number of hydrogen-bond acceptors (Lipinski definition) is 8. The van der Waals surface area contributed by atoms with Crippen molar-refractivity contribution in [3.63, 3.8) is 0 Å². The van der Waals surface area contributed by atoms with Crippen LogP contribution in [0.15, 0.2) is 21.9 Å². The molecule has 0 amide bonds. The lowest BCUT2D eigenvalue weighted by Crippen LogP contribution is -2.38. The quantitative estimate of drug-likeness (QED) is 0.319. The summed E-state index contributed by atoms with van der Waals surface area (Å²) in [5.41, 5.74) is -1.46. The van der Waals surface area contributed by atoms with E-state index in [9.17, 15) is 24.7 Å². The van der Waals surface area contributed by atoms with E-state index in [1.807, 2.05) is 4.98 Å². The standard InChI is InChI=1S/C11H15Cl2N2O8PS/c12-6(13)4-21-24(20,25)23-9-5(3-16)22-10(8(9)18)15-2-1-7(17)14-11(15)19/h1-2,5-6,8-10,16,18H,3-4H2,(H,20,25)(H,14,17,19)/t5-,8-,9-,10-,24?/m1/s1. The van der Waals surface area contributed by atoms with E-state index in [-0.39, 0.29) is 6.61 Å². The van der Waals surface area contributed by atoms with Crippen LogP contribution < -0.4 is 11.2 Å². The van der Waals surface area contributed by atoms with Crippen molar-refractivity contribution in [2.24, 2.45) is 0 Å². The van der Waals surface area contributed by atoms with Crippen molar-refractivity contribution in [2.75, 3.05) is 13.2 Å². The summed E-state index contributed by atoms with van der Waals surface area (Å²) >= 11 is 15.8. The molecular weight excluding hydrogens is 422 g/mol. The molecular formula is C11H15Cl2N2O8PS. The first kappa shape index (κ1) is 21.0. The Morgan fingerprint density at radius 3 is 2.72 bits per heavy atom. The van der Waals surface area contributed by atoms with Gasteiger partial charge < -0.3 is 24.4 Å². The number of hydrogen-bond donors (Lipinski definition) is 4. The smallest absolute Gasteiger partial charge is 0.330 e. The minimum atomic E-state index is -3.85. The number of H-pyrrole nitrogens is 1. The van der Waals surface area contributed by atoms with Crippen LogP contribution in [-0.2, 0) is 25.6 Å². The lowest BCUT2D eigenvalue weighted by molar-refractivity contribution is -0.0547. The number of nitrogens with one attached hydrogen (secondary N) is 1. The van der Waals surface area contributed by atoms with Crippen molar-refractivity contribution >= 4 is 41.7 Å². The van der Waals surface area contributed by atoms with Crippen LogP contribution in [0.2, 0.25) is 0 Å². The molecule has 0 spiro atoms. The lowest BCUT2D eigenvalue weighted by Gasteiger charge is -2.24. The molecule has 0 radical (unpaired) electrons. The Balaban J connectivity index is 2.20. The molecule has 0 aromatic carbocycles. The van der Waals surface area contributed by atoms with Crippen molar-refractivity contribution in [3.05, 3.63) is 33.1 Å². The van der Waals surface area contributed by atoms with Crippen LogP contribution >= 0.6 is 29.9 Å². The number of halogens is 2. The van der Waals surface area contributed by atoms with Crippen molar-refractivity contribution in [1.82, 2.24) is 9.55 Å². The molecule has 1 unspecified atom stereocenters. The summed E-state index contributed by atoms with van der Waals surface area (Å²) in [5.74, 6) is 0. The van der Waals surface area contributed by atoms with Gasteiger partial charge in [0.15, 0.2) is 6.23 Å². The largest absolute Gasteiger partial charge is 0.394 e. The third kappa shape index (κ3) is 5.33. The van der Waals surface area contributed by atoms with E-state index < -0.39 is 54.0 Å². The molecule has 14 heteroatoms. The Morgan fingerprint density at radius 1 is 1.48 bits per heavy atom. The molecule has 25 heavy (non-hydrogen) atoms. The maximum Gasteiger partial charge on any atom is 0.330 e. The summed E-state index contributed by atoms with van der Waals surface area (Å²) in [6.45, 7) is -4.76. The minimum absolute atomic E-state index is 0.312. The van der Waals surface area contributed by atoms with Crippen LogP contribution in [-0.4, -0.2) is 61.0 Å². The van der Waals surface area contributed by atoms with Gasteiger partial charge in [0.25, 0.3) is 5.56 Å². The van der Waals surface area contributed by atoms with Crippen LogP contribution in [0.4, 0.5) is 0 Å². The van der Waals surface area contributed by atoms with E-state index in [2.05, 4.69) is 0 Å². The zero-order valence-corrected chi connectivity index (χ0v) is 15.6. The van der Waals surface area contributed by atoms with Crippen molar-refractivity contribution in [3.8, 4) is 0 Å². The molecule has 4 N–H and O–H groups in total. The van der Waals surface area contributed by atoms with E-state index in [0.29, 0.717) is 0 Å². The van der Waals surface area contributed by atoms with Gasteiger partial charge in [-0.05, 0) is 11.8 Å². The highest BCUT2D eigenvalue weighted by molar-refractivity contribution is 8.07. The van der Waals surface area contributed by atoms with Crippen molar-refractivity contribution < 1.29 is 28.9 Å². The summed E-state index contributed by atoms with van der Waals surface area (Å²) in [5, 5.41) is 19.8. The van der Waals surface area contributed by atoms with Gasteiger partial charge in [-0.3, -0.25) is 18.9 Å². The molecule has 1 aliphatic rings. The Morgan fingerprint density at radius 2 is 2.16 bits per heavy atom. The average Bonchev–Trinajstić information content (AvgIpc) is 2.82. The van der Waals surface area contributed by atoms with E-state index >= 15 is 0 Å². The highest BCUT2D eigenvalue weighted by atomic mass is 35.5. The number of rotatable bonds is 7. The molecule has 1 fully saturated rings. The molecule has 1 saturated heterocycles. The predicted octanol–water partition coefficient (Wildman–Crippen LogP) is -0.791. The Bertz CT molecular complexity index is 758. The molecule has 2 heterocycles. The highest BCUT2D eigenvalue weighted by Gasteiger charge is 2.47. The topological polar surface area (TPSA) is 143 Å². The summed E-state index contributed by atoms with van der Waals surface area (Å²) in [6.07, 6.45) is -4.08. The first-order chi connectivity index (χ1) is 11.6. The van der Waals surface area contributed by atoms with Crippen LogP contribution in [0, 0.1) is 0 Å². The van der Waals surface area contributed by atoms with E-state index in [4.69, 9.17) is 48.8 Å². The van der Waals surface area contributed by atoms with Gasteiger partial charge in [-0.1, -0.05) is 0 Å². The SMILES string of the molecule is O=c1ccn([C@@H]2O[C@H](CO)[C@@H](OP(O)(=S)OCC(Cl)Cl)[C@H]2O)c(=O)[nH]1. The predicted molar refractivity (Wildman–Crippen MR) is 91.1 cm³/mol. The maximum atomic E-state index is 11.8. The normalized spacial score (nSPS) is 29.0. The van der Waals surface area contributed by atoms with Crippen LogP contribution in [0.3, 0.4) is 0 Å². The van der Waals surface area contributed by atoms with Crippen molar-refractivity contribution in [1.29, 1.82) is 0 Å². The molecule has 1 aromatic rings. The zero-order chi connectivity index (χ0) is 18.8. The van der Waals surface area contributed by atoms with Gasteiger partial charge in [0.1, 0.15) is 23.1 Å². The van der Waals surface area contributed by atoms with Gasteiger partial charge in [-0.2, -0.15) is 0 Å². The number of aliphatic hydroxyl groups is 2. The van der Waals surface area contributed by atoms with Gasteiger partial charge in [0.2, 0.25) is 0 Å². The van der Waals surface area contributed by atoms with E-state index in [1.54, 1.807) is 0 Å². The fourth-order valence-electron chi connectivity index (χ4n) is 2.19. The summed E-state index contributed by atoms with van der Waals surface area (Å²) in [7, 11) is 0. The summed E-state index contributed by atoms with van der Waals surface area (Å²) in [4.78, 5) is 34.0. The van der Waals surface area contributed by atoms with Gasteiger partial charge in [-0.15, -0.1) is 23.2 Å². The van der Waals surface area contributed by atoms with Crippen LogP contribution in [0.5, 0.6) is 0 Å². The van der Waals surface area contributed by atoms with Crippen molar-refractivity contribution in [2.45, 2.75) is 29.4 Å². The average molecular weight is 437 g/mol. The fourth-order valence-corrected chi connectivity index (χ4v) is 3.94. The van der Waals surface area contributed by atoms with Gasteiger partial charge in [-0.25, -0.2) is 4.79 Å². The number of nitrogens with zero attached hydrogens (tertiary/aromatic N) is 1. The van der Waals surface area contributed by atoms with Crippen LogP contribution in [0.1, 0.15) is 6.23 Å². The number of alkyl halides is 2. The number of aromatic nitrogens is 2. The summed E-state index contributed by atoms with van der Waals surface area (Å²) in [6, 6.07) is 1.06. The molecule has 142 valence electrons. The maximum absolute atomic E-state index is 11.8. The van der Waals surface area contributed by atoms with Gasteiger partial charge >= 0.3 is 12.4 Å². The number of ether oxygens (including phenoxy) is 1. The second-order valence-corrected chi connectivity index (χ2v) is 9.05. The minimum Gasteiger partial charge on any atom is -0.394 e. The number of aromatic amines is 1. The molecule has 1 aliphatic heterocycles. The first-order valence-corrected chi connectivity index (χ1v) is 10.3. The zero-order valence-electron chi connectivity index (χ0n) is 12.4. The first-order valence-electron chi connectivity index (χ1n) is 6.84. The van der Waals surface area contributed by atoms with E-state index in [1.165, 1.54) is 0 Å². The second-order valence-electron chi connectivity index (χ2n) is 4.98. The van der Waals surface area contributed by atoms with Gasteiger partial charge in [0, 0.05) is 12.3 Å². The Hall–Kier alpha value is -0.330. The van der Waals surface area contributed by atoms with E-state index in [0.717, 1.165) is 16.8 Å². The summed E-state index contributed by atoms with van der Waals surface area (Å²) < 4.78 is 16.4. The van der Waals surface area contributed by atoms with Crippen LogP contribution in [0.25, 0.3) is 0 Å². The molecule has 2 rings (SSSR count). The Labute approximate surface area is 156 Å². The molecule has 0 saturated carbocycles. The third-order valence-corrected chi connectivity index (χ3v) is 5.04. The molecule has 0 aliphatic carbocycles. The van der Waals surface area contributed by atoms with Gasteiger partial charge in [0.05, 0.1) is 13.2 Å². The second kappa shape index (κ2) is 8.57. The molecule has 0 bridgehead atoms. The lowest BCUT2D eigenvalue weighted by atomic mass is 10.1. The third-order valence-electron chi connectivity index (χ3n) is 3.23. The highest BCUT2D eigenvalue weighted by Crippen LogP contribution is 2.48.